The molecule has 0 atom stereocenters. The first-order chi connectivity index (χ1) is 8.58. The van der Waals surface area contributed by atoms with Gasteiger partial charge in [0.05, 0.1) is 5.69 Å². The van der Waals surface area contributed by atoms with Crippen LogP contribution in [0.5, 0.6) is 0 Å². The van der Waals surface area contributed by atoms with Crippen molar-refractivity contribution in [1.82, 2.24) is 20.1 Å². The molecule has 1 N–H and O–H groups in total. The highest BCUT2D eigenvalue weighted by Crippen LogP contribution is 2.14. The second kappa shape index (κ2) is 5.31. The number of hydrogen-bond donors (Lipinski definition) is 1. The van der Waals surface area contributed by atoms with Gasteiger partial charge in [0, 0.05) is 30.0 Å². The minimum Gasteiger partial charge on any atom is -0.310 e. The fourth-order valence-corrected chi connectivity index (χ4v) is 1.92. The lowest BCUT2D eigenvalue weighted by atomic mass is 10.2. The van der Waals surface area contributed by atoms with Crippen LogP contribution in [0.3, 0.4) is 0 Å². The molecule has 2 aromatic heterocycles. The van der Waals surface area contributed by atoms with Crippen LogP contribution in [0.25, 0.3) is 5.82 Å². The maximum atomic E-state index is 4.49. The lowest BCUT2D eigenvalue weighted by Crippen LogP contribution is -2.23. The van der Waals surface area contributed by atoms with Crippen molar-refractivity contribution in [3.05, 3.63) is 41.3 Å². The van der Waals surface area contributed by atoms with Crippen LogP contribution in [0.2, 0.25) is 0 Å². The van der Waals surface area contributed by atoms with Crippen LogP contribution < -0.4 is 5.32 Å². The third-order valence-corrected chi connectivity index (χ3v) is 2.78. The second-order valence-electron chi connectivity index (χ2n) is 4.86. The van der Waals surface area contributed by atoms with Crippen molar-refractivity contribution in [2.24, 2.45) is 0 Å². The monoisotopic (exact) mass is 244 g/mol. The van der Waals surface area contributed by atoms with E-state index in [0.717, 1.165) is 29.3 Å². The Hall–Kier alpha value is -1.68. The molecule has 0 amide bonds. The summed E-state index contributed by atoms with van der Waals surface area (Å²) in [6.07, 6.45) is 1.81. The highest BCUT2D eigenvalue weighted by molar-refractivity contribution is 5.34. The summed E-state index contributed by atoms with van der Waals surface area (Å²) < 4.78 is 1.91. The smallest absolute Gasteiger partial charge is 0.158 e. The summed E-state index contributed by atoms with van der Waals surface area (Å²) in [6.45, 7) is 9.13. The Morgan fingerprint density at radius 3 is 2.72 bits per heavy atom. The lowest BCUT2D eigenvalue weighted by molar-refractivity contribution is 0.584. The van der Waals surface area contributed by atoms with E-state index in [1.54, 1.807) is 0 Å². The van der Waals surface area contributed by atoms with Crippen molar-refractivity contribution >= 4 is 0 Å². The molecule has 4 heteroatoms. The standard InChI is InChI=1S/C14H20N4/c1-10(2)16-9-13-6-5-7-15-14(13)18-12(4)8-11(3)17-18/h5-8,10,16H,9H2,1-4H3. The van der Waals surface area contributed by atoms with Gasteiger partial charge in [-0.1, -0.05) is 19.9 Å². The van der Waals surface area contributed by atoms with E-state index in [1.807, 2.05) is 30.8 Å². The van der Waals surface area contributed by atoms with Crippen molar-refractivity contribution in [1.29, 1.82) is 0 Å². The summed E-state index contributed by atoms with van der Waals surface area (Å²) in [5, 5.41) is 7.91. The Balaban J connectivity index is 2.35. The molecule has 2 aromatic rings. The van der Waals surface area contributed by atoms with Gasteiger partial charge in [-0.3, -0.25) is 0 Å². The maximum Gasteiger partial charge on any atom is 0.158 e. The summed E-state index contributed by atoms with van der Waals surface area (Å²) >= 11 is 0. The average molecular weight is 244 g/mol. The van der Waals surface area contributed by atoms with Crippen LogP contribution in [-0.4, -0.2) is 20.8 Å². The fraction of sp³-hybridized carbons (Fsp3) is 0.429. The number of hydrogen-bond acceptors (Lipinski definition) is 3. The van der Waals surface area contributed by atoms with Gasteiger partial charge in [-0.05, 0) is 26.0 Å². The van der Waals surface area contributed by atoms with Gasteiger partial charge in [-0.15, -0.1) is 0 Å². The molecule has 0 saturated heterocycles. The van der Waals surface area contributed by atoms with E-state index in [9.17, 15) is 0 Å². The third kappa shape index (κ3) is 2.76. The van der Waals surface area contributed by atoms with Crippen molar-refractivity contribution in [3.63, 3.8) is 0 Å². The molecule has 18 heavy (non-hydrogen) atoms. The van der Waals surface area contributed by atoms with Crippen LogP contribution in [0.1, 0.15) is 30.8 Å². The summed E-state index contributed by atoms with van der Waals surface area (Å²) in [5.41, 5.74) is 3.29. The molecule has 96 valence electrons. The van der Waals surface area contributed by atoms with E-state index in [4.69, 9.17) is 0 Å². The Morgan fingerprint density at radius 1 is 1.33 bits per heavy atom. The summed E-state index contributed by atoms with van der Waals surface area (Å²) in [4.78, 5) is 4.46. The van der Waals surface area contributed by atoms with Gasteiger partial charge in [0.15, 0.2) is 5.82 Å². The van der Waals surface area contributed by atoms with Gasteiger partial charge in [0.25, 0.3) is 0 Å². The summed E-state index contributed by atoms with van der Waals surface area (Å²) in [5.74, 6) is 0.913. The molecule has 0 aliphatic heterocycles. The Kier molecular flexibility index (Phi) is 3.77. The number of nitrogens with one attached hydrogen (secondary N) is 1. The van der Waals surface area contributed by atoms with E-state index in [1.165, 1.54) is 0 Å². The fourth-order valence-electron chi connectivity index (χ4n) is 1.92. The number of pyridine rings is 1. The van der Waals surface area contributed by atoms with Gasteiger partial charge in [0.1, 0.15) is 0 Å². The molecular formula is C14H20N4. The normalized spacial score (nSPS) is 11.2. The molecule has 2 heterocycles. The van der Waals surface area contributed by atoms with Crippen molar-refractivity contribution < 1.29 is 0 Å². The minimum atomic E-state index is 0.457. The number of aryl methyl sites for hydroxylation is 2. The molecule has 0 aliphatic carbocycles. The van der Waals surface area contributed by atoms with Gasteiger partial charge >= 0.3 is 0 Å². The zero-order valence-electron chi connectivity index (χ0n) is 11.4. The zero-order chi connectivity index (χ0) is 13.1. The molecule has 0 aromatic carbocycles. The van der Waals surface area contributed by atoms with E-state index in [0.29, 0.717) is 6.04 Å². The molecule has 0 bridgehead atoms. The number of aromatic nitrogens is 3. The molecule has 4 nitrogen and oxygen atoms in total. The quantitative estimate of drug-likeness (QED) is 0.898. The predicted octanol–water partition coefficient (Wildman–Crippen LogP) is 2.38. The summed E-state index contributed by atoms with van der Waals surface area (Å²) in [7, 11) is 0. The number of rotatable bonds is 4. The molecular weight excluding hydrogens is 224 g/mol. The van der Waals surface area contributed by atoms with Gasteiger partial charge < -0.3 is 5.32 Å². The van der Waals surface area contributed by atoms with Gasteiger partial charge in [-0.25, -0.2) is 9.67 Å². The Labute approximate surface area is 108 Å². The first-order valence-electron chi connectivity index (χ1n) is 6.29. The highest BCUT2D eigenvalue weighted by Gasteiger charge is 2.09. The number of nitrogens with zero attached hydrogens (tertiary/aromatic N) is 3. The molecule has 0 unspecified atom stereocenters. The topological polar surface area (TPSA) is 42.7 Å². The molecule has 0 aliphatic rings. The van der Waals surface area contributed by atoms with Crippen molar-refractivity contribution in [2.75, 3.05) is 0 Å². The Morgan fingerprint density at radius 2 is 2.11 bits per heavy atom. The molecule has 0 spiro atoms. The van der Waals surface area contributed by atoms with Gasteiger partial charge in [0.2, 0.25) is 0 Å². The van der Waals surface area contributed by atoms with Crippen molar-refractivity contribution in [3.8, 4) is 5.82 Å². The maximum absolute atomic E-state index is 4.49. The second-order valence-corrected chi connectivity index (χ2v) is 4.86. The molecule has 0 saturated carbocycles. The molecule has 0 fully saturated rings. The zero-order valence-corrected chi connectivity index (χ0v) is 11.4. The van der Waals surface area contributed by atoms with Crippen LogP contribution in [0, 0.1) is 13.8 Å². The first kappa shape index (κ1) is 12.8. The SMILES string of the molecule is Cc1cc(C)n(-c2ncccc2CNC(C)C)n1. The van der Waals surface area contributed by atoms with Crippen LogP contribution in [0.15, 0.2) is 24.4 Å². The average Bonchev–Trinajstić information content (AvgIpc) is 2.66. The van der Waals surface area contributed by atoms with Crippen LogP contribution in [0.4, 0.5) is 0 Å². The van der Waals surface area contributed by atoms with Crippen LogP contribution >= 0.6 is 0 Å². The first-order valence-corrected chi connectivity index (χ1v) is 6.29. The van der Waals surface area contributed by atoms with Crippen LogP contribution in [-0.2, 0) is 6.54 Å². The lowest BCUT2D eigenvalue weighted by Gasteiger charge is -2.12. The van der Waals surface area contributed by atoms with Gasteiger partial charge in [-0.2, -0.15) is 5.10 Å². The third-order valence-electron chi connectivity index (χ3n) is 2.78. The Bertz CT molecular complexity index is 528. The van der Waals surface area contributed by atoms with E-state index < -0.39 is 0 Å². The van der Waals surface area contributed by atoms with E-state index in [2.05, 4.69) is 41.4 Å². The largest absolute Gasteiger partial charge is 0.310 e. The molecule has 0 radical (unpaired) electrons. The van der Waals surface area contributed by atoms with E-state index >= 15 is 0 Å². The molecule has 2 rings (SSSR count). The predicted molar refractivity (Wildman–Crippen MR) is 72.8 cm³/mol. The minimum absolute atomic E-state index is 0.457. The highest BCUT2D eigenvalue weighted by atomic mass is 15.3. The van der Waals surface area contributed by atoms with E-state index in [-0.39, 0.29) is 0 Å². The van der Waals surface area contributed by atoms with Crippen molar-refractivity contribution in [2.45, 2.75) is 40.3 Å². The summed E-state index contributed by atoms with van der Waals surface area (Å²) in [6, 6.07) is 6.58.